The average molecular weight is 181 g/mol. The topological polar surface area (TPSA) is 62.5 Å². The molecule has 0 fully saturated rings. The Labute approximate surface area is 76.6 Å². The first-order valence-electron chi connectivity index (χ1n) is 3.98. The fraction of sp³-hybridized carbons (Fsp3) is 0.375. The zero-order valence-corrected chi connectivity index (χ0v) is 7.90. The molecule has 1 aromatic rings. The second-order valence-electron chi connectivity index (χ2n) is 3.12. The van der Waals surface area contributed by atoms with Gasteiger partial charge in [-0.3, -0.25) is 4.79 Å². The molecular formula is C8H12BNO3. The number of aromatic nitrogens is 1. The van der Waals surface area contributed by atoms with Gasteiger partial charge in [0.15, 0.2) is 0 Å². The van der Waals surface area contributed by atoms with Gasteiger partial charge in [-0.1, -0.05) is 0 Å². The van der Waals surface area contributed by atoms with Crippen LogP contribution >= 0.6 is 0 Å². The molecule has 0 bridgehead atoms. The van der Waals surface area contributed by atoms with Crippen molar-refractivity contribution < 1.29 is 10.0 Å². The van der Waals surface area contributed by atoms with Gasteiger partial charge >= 0.3 is 7.12 Å². The normalized spacial score (nSPS) is 10.2. The van der Waals surface area contributed by atoms with Crippen LogP contribution in [0.5, 0.6) is 0 Å². The van der Waals surface area contributed by atoms with Gasteiger partial charge in [0, 0.05) is 24.3 Å². The Morgan fingerprint density at radius 1 is 1.31 bits per heavy atom. The van der Waals surface area contributed by atoms with Gasteiger partial charge in [0.05, 0.1) is 0 Å². The van der Waals surface area contributed by atoms with Crippen LogP contribution in [0, 0.1) is 13.8 Å². The minimum absolute atomic E-state index is 0.109. The lowest BCUT2D eigenvalue weighted by molar-refractivity contribution is 0.425. The minimum atomic E-state index is -1.52. The van der Waals surface area contributed by atoms with Gasteiger partial charge in [0.2, 0.25) is 0 Å². The third-order valence-corrected chi connectivity index (χ3v) is 2.25. The molecule has 1 heterocycles. The standard InChI is InChI=1S/C8H12BNO3/c1-5-6(2)8(11)10(3)4-7(5)9(12)13/h4,12-13H,1-3H3. The zero-order chi connectivity index (χ0) is 10.2. The zero-order valence-electron chi connectivity index (χ0n) is 7.90. The highest BCUT2D eigenvalue weighted by molar-refractivity contribution is 6.59. The monoisotopic (exact) mass is 181 g/mol. The Bertz CT molecular complexity index is 384. The summed E-state index contributed by atoms with van der Waals surface area (Å²) in [5.41, 5.74) is 1.45. The molecule has 0 spiro atoms. The smallest absolute Gasteiger partial charge is 0.423 e. The van der Waals surface area contributed by atoms with E-state index in [0.29, 0.717) is 16.6 Å². The molecule has 0 atom stereocenters. The van der Waals surface area contributed by atoms with Crippen molar-refractivity contribution in [2.24, 2.45) is 7.05 Å². The van der Waals surface area contributed by atoms with Crippen molar-refractivity contribution in [3.63, 3.8) is 0 Å². The highest BCUT2D eigenvalue weighted by atomic mass is 16.4. The van der Waals surface area contributed by atoms with Crippen LogP contribution in [0.1, 0.15) is 11.1 Å². The lowest BCUT2D eigenvalue weighted by atomic mass is 9.77. The van der Waals surface area contributed by atoms with Crippen LogP contribution in [0.4, 0.5) is 0 Å². The van der Waals surface area contributed by atoms with E-state index in [1.807, 2.05) is 0 Å². The molecule has 1 rings (SSSR count). The van der Waals surface area contributed by atoms with Crippen LogP contribution in [0.15, 0.2) is 11.0 Å². The number of hydrogen-bond acceptors (Lipinski definition) is 3. The van der Waals surface area contributed by atoms with Gasteiger partial charge < -0.3 is 14.6 Å². The number of hydrogen-bond donors (Lipinski definition) is 2. The van der Waals surface area contributed by atoms with Crippen molar-refractivity contribution in [2.75, 3.05) is 0 Å². The number of aryl methyl sites for hydroxylation is 1. The van der Waals surface area contributed by atoms with Crippen LogP contribution in [0.2, 0.25) is 0 Å². The summed E-state index contributed by atoms with van der Waals surface area (Å²) in [5.74, 6) is 0. The van der Waals surface area contributed by atoms with Crippen LogP contribution in [0.25, 0.3) is 0 Å². The van der Waals surface area contributed by atoms with Crippen LogP contribution in [-0.2, 0) is 7.05 Å². The Morgan fingerprint density at radius 2 is 1.85 bits per heavy atom. The summed E-state index contributed by atoms with van der Waals surface area (Å²) in [7, 11) is 0.0613. The highest BCUT2D eigenvalue weighted by Crippen LogP contribution is 1.97. The Hall–Kier alpha value is -1.07. The lowest BCUT2D eigenvalue weighted by Gasteiger charge is -2.09. The maximum Gasteiger partial charge on any atom is 0.490 e. The van der Waals surface area contributed by atoms with Crippen molar-refractivity contribution in [1.29, 1.82) is 0 Å². The maximum absolute atomic E-state index is 11.4. The molecule has 0 aliphatic carbocycles. The molecule has 0 unspecified atom stereocenters. The van der Waals surface area contributed by atoms with E-state index < -0.39 is 7.12 Å². The number of rotatable bonds is 1. The molecular weight excluding hydrogens is 169 g/mol. The summed E-state index contributed by atoms with van der Waals surface area (Å²) in [4.78, 5) is 11.4. The van der Waals surface area contributed by atoms with E-state index in [2.05, 4.69) is 0 Å². The molecule has 0 saturated heterocycles. The fourth-order valence-electron chi connectivity index (χ4n) is 1.27. The maximum atomic E-state index is 11.4. The number of pyridine rings is 1. The molecule has 0 aliphatic heterocycles. The van der Waals surface area contributed by atoms with Crippen LogP contribution in [0.3, 0.4) is 0 Å². The average Bonchev–Trinajstić information content (AvgIpc) is 2.07. The first kappa shape index (κ1) is 10.0. The Balaban J connectivity index is 3.50. The van der Waals surface area contributed by atoms with Gasteiger partial charge in [-0.15, -0.1) is 0 Å². The predicted octanol–water partition coefficient (Wildman–Crippen LogP) is -1.32. The largest absolute Gasteiger partial charge is 0.490 e. The fourth-order valence-corrected chi connectivity index (χ4v) is 1.27. The summed E-state index contributed by atoms with van der Waals surface area (Å²) < 4.78 is 1.34. The van der Waals surface area contributed by atoms with E-state index in [9.17, 15) is 4.79 Å². The summed E-state index contributed by atoms with van der Waals surface area (Å²) in [6, 6.07) is 0. The van der Waals surface area contributed by atoms with E-state index in [0.717, 1.165) is 0 Å². The van der Waals surface area contributed by atoms with E-state index >= 15 is 0 Å². The SMILES string of the molecule is Cc1c(B(O)O)cn(C)c(=O)c1C. The molecule has 0 aliphatic rings. The van der Waals surface area contributed by atoms with Gasteiger partial charge in [-0.05, 0) is 19.4 Å². The van der Waals surface area contributed by atoms with Gasteiger partial charge in [-0.2, -0.15) is 0 Å². The minimum Gasteiger partial charge on any atom is -0.423 e. The van der Waals surface area contributed by atoms with Crippen molar-refractivity contribution >= 4 is 12.6 Å². The quantitative estimate of drug-likeness (QED) is 0.528. The van der Waals surface area contributed by atoms with Crippen molar-refractivity contribution in [3.05, 3.63) is 27.7 Å². The molecule has 0 saturated carbocycles. The molecule has 70 valence electrons. The molecule has 0 amide bonds. The van der Waals surface area contributed by atoms with E-state index in [1.165, 1.54) is 10.8 Å². The molecule has 0 aromatic carbocycles. The van der Waals surface area contributed by atoms with Gasteiger partial charge in [0.1, 0.15) is 0 Å². The summed E-state index contributed by atoms with van der Waals surface area (Å²) in [6.07, 6.45) is 1.44. The molecule has 0 radical (unpaired) electrons. The van der Waals surface area contributed by atoms with E-state index in [-0.39, 0.29) is 5.56 Å². The lowest BCUT2D eigenvalue weighted by Crippen LogP contribution is -2.38. The summed E-state index contributed by atoms with van der Waals surface area (Å²) in [6.45, 7) is 3.37. The van der Waals surface area contributed by atoms with E-state index in [4.69, 9.17) is 10.0 Å². The van der Waals surface area contributed by atoms with Crippen molar-refractivity contribution in [1.82, 2.24) is 4.57 Å². The summed E-state index contributed by atoms with van der Waals surface area (Å²) in [5, 5.41) is 18.0. The first-order chi connectivity index (χ1) is 5.95. The molecule has 2 N–H and O–H groups in total. The molecule has 13 heavy (non-hydrogen) atoms. The van der Waals surface area contributed by atoms with Crippen LogP contribution < -0.4 is 11.0 Å². The van der Waals surface area contributed by atoms with Crippen LogP contribution in [-0.4, -0.2) is 21.7 Å². The predicted molar refractivity (Wildman–Crippen MR) is 51.0 cm³/mol. The highest BCUT2D eigenvalue weighted by Gasteiger charge is 2.17. The van der Waals surface area contributed by atoms with Crippen molar-refractivity contribution in [3.8, 4) is 0 Å². The van der Waals surface area contributed by atoms with E-state index in [1.54, 1.807) is 20.9 Å². The second kappa shape index (κ2) is 3.36. The Kier molecular flexibility index (Phi) is 2.59. The molecule has 1 aromatic heterocycles. The second-order valence-corrected chi connectivity index (χ2v) is 3.12. The number of nitrogens with zero attached hydrogens (tertiary/aromatic N) is 1. The molecule has 5 heteroatoms. The Morgan fingerprint density at radius 3 is 2.31 bits per heavy atom. The van der Waals surface area contributed by atoms with Gasteiger partial charge in [0.25, 0.3) is 5.56 Å². The molecule has 4 nitrogen and oxygen atoms in total. The first-order valence-corrected chi connectivity index (χ1v) is 3.98. The third kappa shape index (κ3) is 1.66. The van der Waals surface area contributed by atoms with Crippen molar-refractivity contribution in [2.45, 2.75) is 13.8 Å². The third-order valence-electron chi connectivity index (χ3n) is 2.25. The van der Waals surface area contributed by atoms with Gasteiger partial charge in [-0.25, -0.2) is 0 Å². The summed E-state index contributed by atoms with van der Waals surface area (Å²) >= 11 is 0.